The highest BCUT2D eigenvalue weighted by atomic mass is 16.6. The van der Waals surface area contributed by atoms with Gasteiger partial charge in [0.05, 0.1) is 19.1 Å². The van der Waals surface area contributed by atoms with E-state index in [-0.39, 0.29) is 49.6 Å². The number of aliphatic hydroxyl groups excluding tert-OH is 1. The third-order valence-corrected chi connectivity index (χ3v) is 6.94. The van der Waals surface area contributed by atoms with Crippen LogP contribution in [0.4, 0.5) is 5.69 Å². The first kappa shape index (κ1) is 22.8. The zero-order valence-electron chi connectivity index (χ0n) is 19.2. The number of amides is 2. The molecule has 3 heterocycles. The third-order valence-electron chi connectivity index (χ3n) is 6.94. The lowest BCUT2D eigenvalue weighted by atomic mass is 9.84. The molecular formula is C26H30N2O6. The average molecular weight is 467 g/mol. The number of nitrogens with one attached hydrogen (secondary N) is 1. The van der Waals surface area contributed by atoms with Crippen molar-refractivity contribution in [1.82, 2.24) is 4.90 Å². The number of aliphatic hydroxyl groups is 1. The second-order valence-electron chi connectivity index (χ2n) is 9.18. The van der Waals surface area contributed by atoms with E-state index in [1.165, 1.54) is 18.2 Å². The number of benzene rings is 2. The Labute approximate surface area is 198 Å². The topological polar surface area (TPSA) is 97.3 Å². The van der Waals surface area contributed by atoms with Gasteiger partial charge < -0.3 is 29.5 Å². The molecule has 0 aromatic heterocycles. The summed E-state index contributed by atoms with van der Waals surface area (Å²) in [6.45, 7) is 1.11. The molecule has 34 heavy (non-hydrogen) atoms. The van der Waals surface area contributed by atoms with Crippen molar-refractivity contribution in [1.29, 1.82) is 0 Å². The average Bonchev–Trinajstić information content (AvgIpc) is 3.21. The van der Waals surface area contributed by atoms with Crippen molar-refractivity contribution < 1.29 is 28.9 Å². The molecule has 2 N–H and O–H groups in total. The largest absolute Gasteiger partial charge is 0.487 e. The first-order valence-corrected chi connectivity index (χ1v) is 11.8. The molecule has 0 radical (unpaired) electrons. The molecule has 1 fully saturated rings. The summed E-state index contributed by atoms with van der Waals surface area (Å²) in [5.74, 6) is 0.528. The van der Waals surface area contributed by atoms with E-state index in [1.807, 2.05) is 29.2 Å². The van der Waals surface area contributed by atoms with Gasteiger partial charge in [-0.2, -0.15) is 0 Å². The predicted molar refractivity (Wildman–Crippen MR) is 125 cm³/mol. The lowest BCUT2D eigenvalue weighted by molar-refractivity contribution is -0.149. The van der Waals surface area contributed by atoms with E-state index in [1.54, 1.807) is 6.07 Å². The number of fused-ring (bicyclic) bond motifs is 4. The van der Waals surface area contributed by atoms with Crippen LogP contribution in [-0.4, -0.2) is 67.0 Å². The van der Waals surface area contributed by atoms with Gasteiger partial charge in [0.25, 0.3) is 0 Å². The molecule has 8 heteroatoms. The number of carbonyl (C=O) groups excluding carboxylic acids is 2. The second kappa shape index (κ2) is 9.74. The maximum Gasteiger partial charge on any atom is 0.250 e. The van der Waals surface area contributed by atoms with Gasteiger partial charge in [0, 0.05) is 37.4 Å². The summed E-state index contributed by atoms with van der Waals surface area (Å²) < 4.78 is 17.1. The quantitative estimate of drug-likeness (QED) is 0.678. The number of carbonyl (C=O) groups is 2. The number of methoxy groups -OCH3 is 1. The normalized spacial score (nSPS) is 25.1. The third kappa shape index (κ3) is 4.53. The van der Waals surface area contributed by atoms with Crippen LogP contribution in [0.3, 0.4) is 0 Å². The highest BCUT2D eigenvalue weighted by Crippen LogP contribution is 2.47. The fourth-order valence-electron chi connectivity index (χ4n) is 5.33. The summed E-state index contributed by atoms with van der Waals surface area (Å²) in [6, 6.07) is 13.8. The number of hydrogen-bond acceptors (Lipinski definition) is 6. The number of ether oxygens (including phenoxy) is 3. The van der Waals surface area contributed by atoms with Crippen LogP contribution in [-0.2, 0) is 32.0 Å². The minimum Gasteiger partial charge on any atom is -0.487 e. The molecule has 2 aromatic carbocycles. The second-order valence-corrected chi connectivity index (χ2v) is 9.18. The van der Waals surface area contributed by atoms with Crippen molar-refractivity contribution in [3.05, 3.63) is 59.2 Å². The first-order chi connectivity index (χ1) is 16.6. The smallest absolute Gasteiger partial charge is 0.250 e. The number of anilines is 1. The summed E-state index contributed by atoms with van der Waals surface area (Å²) in [6.07, 6.45) is 0.581. The van der Waals surface area contributed by atoms with Crippen LogP contribution in [0.25, 0.3) is 0 Å². The van der Waals surface area contributed by atoms with Crippen molar-refractivity contribution >= 4 is 17.5 Å². The number of rotatable bonds is 6. The minimum atomic E-state index is -0.516. The highest BCUT2D eigenvalue weighted by Gasteiger charge is 2.46. The minimum absolute atomic E-state index is 0.0226. The number of nitrogens with zero attached hydrogens (tertiary/aromatic N) is 1. The Balaban J connectivity index is 1.29. The van der Waals surface area contributed by atoms with Crippen LogP contribution < -0.4 is 10.1 Å². The van der Waals surface area contributed by atoms with Crippen LogP contribution >= 0.6 is 0 Å². The van der Waals surface area contributed by atoms with Gasteiger partial charge >= 0.3 is 0 Å². The molecule has 180 valence electrons. The predicted octanol–water partition coefficient (Wildman–Crippen LogP) is 2.24. The van der Waals surface area contributed by atoms with Gasteiger partial charge in [0.2, 0.25) is 11.8 Å². The van der Waals surface area contributed by atoms with Gasteiger partial charge in [-0.1, -0.05) is 24.3 Å². The van der Waals surface area contributed by atoms with Crippen LogP contribution in [0.1, 0.15) is 35.4 Å². The number of hydrogen-bond donors (Lipinski definition) is 2. The van der Waals surface area contributed by atoms with E-state index in [4.69, 9.17) is 14.2 Å². The Morgan fingerprint density at radius 3 is 2.82 bits per heavy atom. The molecule has 3 aliphatic rings. The molecule has 2 aromatic rings. The van der Waals surface area contributed by atoms with Crippen LogP contribution in [0.5, 0.6) is 5.75 Å². The molecule has 0 aliphatic carbocycles. The zero-order chi connectivity index (χ0) is 23.7. The molecular weight excluding hydrogens is 436 g/mol. The summed E-state index contributed by atoms with van der Waals surface area (Å²) >= 11 is 0. The fourth-order valence-corrected chi connectivity index (χ4v) is 5.33. The summed E-state index contributed by atoms with van der Waals surface area (Å²) in [4.78, 5) is 27.0. The van der Waals surface area contributed by atoms with Gasteiger partial charge in [0.1, 0.15) is 24.6 Å². The molecule has 3 aliphatic heterocycles. The molecule has 8 nitrogen and oxygen atoms in total. The van der Waals surface area contributed by atoms with Crippen molar-refractivity contribution in [3.8, 4) is 5.75 Å². The molecule has 0 saturated carbocycles. The van der Waals surface area contributed by atoms with Gasteiger partial charge in [-0.15, -0.1) is 0 Å². The first-order valence-electron chi connectivity index (χ1n) is 11.8. The standard InChI is InChI=1S/C26H30N2O6/c1-32-15-24(30)27-18-6-7-22-20(10-18)21-11-19(33-23(14-29)26(21)34-22)12-25(31)28-9-8-16-4-2-3-5-17(16)13-28/h2-7,10,19,21,23,26,29H,8-9,11-15H2,1H3,(H,27,30)/t19-,21-,23-,26+/m0/s1. The van der Waals surface area contributed by atoms with Gasteiger partial charge in [-0.05, 0) is 42.2 Å². The van der Waals surface area contributed by atoms with Crippen LogP contribution in [0, 0.1) is 0 Å². The van der Waals surface area contributed by atoms with Crippen LogP contribution in [0.2, 0.25) is 0 Å². The van der Waals surface area contributed by atoms with E-state index in [2.05, 4.69) is 17.4 Å². The zero-order valence-corrected chi connectivity index (χ0v) is 19.2. The summed E-state index contributed by atoms with van der Waals surface area (Å²) in [5, 5.41) is 12.8. The lowest BCUT2D eigenvalue weighted by Gasteiger charge is -2.38. The maximum absolute atomic E-state index is 13.1. The van der Waals surface area contributed by atoms with Gasteiger partial charge in [-0.25, -0.2) is 0 Å². The van der Waals surface area contributed by atoms with E-state index in [0.29, 0.717) is 25.2 Å². The molecule has 1 saturated heterocycles. The molecule has 0 spiro atoms. The summed E-state index contributed by atoms with van der Waals surface area (Å²) in [7, 11) is 1.47. The van der Waals surface area contributed by atoms with Crippen molar-refractivity contribution in [2.45, 2.75) is 50.0 Å². The van der Waals surface area contributed by atoms with Gasteiger partial charge in [0.15, 0.2) is 0 Å². The Morgan fingerprint density at radius 2 is 2.03 bits per heavy atom. The Morgan fingerprint density at radius 1 is 1.21 bits per heavy atom. The van der Waals surface area contributed by atoms with E-state index in [9.17, 15) is 14.7 Å². The molecule has 0 bridgehead atoms. The van der Waals surface area contributed by atoms with Gasteiger partial charge in [-0.3, -0.25) is 9.59 Å². The molecule has 2 amide bonds. The monoisotopic (exact) mass is 466 g/mol. The Bertz CT molecular complexity index is 1070. The van der Waals surface area contributed by atoms with Crippen LogP contribution in [0.15, 0.2) is 42.5 Å². The Hall–Kier alpha value is -2.94. The van der Waals surface area contributed by atoms with Crippen molar-refractivity contribution in [3.63, 3.8) is 0 Å². The lowest BCUT2D eigenvalue weighted by Crippen LogP contribution is -2.48. The van der Waals surface area contributed by atoms with Crippen molar-refractivity contribution in [2.24, 2.45) is 0 Å². The van der Waals surface area contributed by atoms with E-state index < -0.39 is 6.10 Å². The van der Waals surface area contributed by atoms with E-state index in [0.717, 1.165) is 17.7 Å². The highest BCUT2D eigenvalue weighted by molar-refractivity contribution is 5.92. The molecule has 0 unspecified atom stereocenters. The SMILES string of the molecule is COCC(=O)Nc1ccc2c(c1)[C@@H]1C[C@@H](CC(=O)N3CCc4ccccc4C3)O[C@@H](CO)[C@@H]1O2. The molecule has 5 rings (SSSR count). The summed E-state index contributed by atoms with van der Waals surface area (Å²) in [5.41, 5.74) is 4.13. The molecule has 4 atom stereocenters. The van der Waals surface area contributed by atoms with E-state index >= 15 is 0 Å². The Kier molecular flexibility index (Phi) is 6.54. The fraction of sp³-hybridized carbons (Fsp3) is 0.462. The van der Waals surface area contributed by atoms with Crippen molar-refractivity contribution in [2.75, 3.05) is 32.2 Å². The maximum atomic E-state index is 13.1.